The molecule has 0 atom stereocenters. The third kappa shape index (κ3) is 10.8. The van der Waals surface area contributed by atoms with Gasteiger partial charge in [0.25, 0.3) is 10.1 Å². The Morgan fingerprint density at radius 1 is 0.871 bits per heavy atom. The van der Waals surface area contributed by atoms with Crippen LogP contribution in [0.4, 0.5) is 0 Å². The van der Waals surface area contributed by atoms with Crippen LogP contribution in [0.1, 0.15) is 76.7 Å². The van der Waals surface area contributed by atoms with Crippen molar-refractivity contribution in [3.05, 3.63) is 48.0 Å². The molecule has 0 bridgehead atoms. The zero-order valence-electron chi connectivity index (χ0n) is 18.8. The van der Waals surface area contributed by atoms with Gasteiger partial charge in [0, 0.05) is 0 Å². The predicted octanol–water partition coefficient (Wildman–Crippen LogP) is 3.27. The van der Waals surface area contributed by atoms with Crippen molar-refractivity contribution >= 4 is 10.1 Å². The maximum Gasteiger partial charge on any atom is 1.00 e. The summed E-state index contributed by atoms with van der Waals surface area (Å²) in [6, 6.07) is 10.5. The smallest absolute Gasteiger partial charge is 0.872 e. The quantitative estimate of drug-likeness (QED) is 0.259. The predicted molar refractivity (Wildman–Crippen MR) is 118 cm³/mol. The number of aryl methyl sites for hydroxylation is 1. The summed E-state index contributed by atoms with van der Waals surface area (Å²) in [6.45, 7) is 2.23. The molecule has 0 aliphatic carbocycles. The van der Waals surface area contributed by atoms with Crippen molar-refractivity contribution in [3.8, 4) is 17.2 Å². The number of rotatable bonds is 14. The molecule has 166 valence electrons. The molecule has 0 unspecified atom stereocenters. The van der Waals surface area contributed by atoms with Crippen molar-refractivity contribution in [2.24, 2.45) is 0 Å². The van der Waals surface area contributed by atoms with Crippen LogP contribution in [0.5, 0.6) is 17.2 Å². The standard InChI is InChI=1S/C24H34O5S.K/c1-2-3-4-5-6-7-8-9-10-11-14-20-17-18-21(19-22(20)25)29-23-15-12-13-16-24(23)30(26,27)28;/h12-13,15-19,25H,2-11,14H2,1H3,(H,26,27,28);/q;+1/p-1. The van der Waals surface area contributed by atoms with Gasteiger partial charge in [-0.05, 0) is 37.1 Å². The first-order valence-corrected chi connectivity index (χ1v) is 12.4. The van der Waals surface area contributed by atoms with Gasteiger partial charge in [0.15, 0.2) is 0 Å². The second-order valence-corrected chi connectivity index (χ2v) is 9.12. The van der Waals surface area contributed by atoms with Crippen LogP contribution >= 0.6 is 0 Å². The summed E-state index contributed by atoms with van der Waals surface area (Å²) in [5.74, 6) is 0.123. The van der Waals surface area contributed by atoms with Gasteiger partial charge < -0.3 is 9.84 Å². The molecule has 0 aliphatic rings. The number of benzene rings is 2. The molecule has 2 rings (SSSR count). The van der Waals surface area contributed by atoms with Crippen LogP contribution in [-0.4, -0.2) is 13.0 Å². The van der Waals surface area contributed by atoms with Crippen molar-refractivity contribution < 1.29 is 74.2 Å². The van der Waals surface area contributed by atoms with Gasteiger partial charge in [-0.15, -0.1) is 5.75 Å². The average molecular weight is 473 g/mol. The molecule has 0 saturated heterocycles. The van der Waals surface area contributed by atoms with Crippen molar-refractivity contribution in [3.63, 3.8) is 0 Å². The molecule has 0 saturated carbocycles. The Bertz CT molecular complexity index is 883. The Kier molecular flexibility index (Phi) is 14.2. The minimum atomic E-state index is -4.40. The van der Waals surface area contributed by atoms with Gasteiger partial charge in [-0.3, -0.25) is 4.55 Å². The molecule has 0 amide bonds. The van der Waals surface area contributed by atoms with Crippen molar-refractivity contribution in [2.75, 3.05) is 0 Å². The van der Waals surface area contributed by atoms with Crippen LogP contribution in [0.25, 0.3) is 0 Å². The molecular weight excluding hydrogens is 439 g/mol. The first kappa shape index (κ1) is 28.6. The molecule has 0 aromatic heterocycles. The van der Waals surface area contributed by atoms with Gasteiger partial charge in [-0.1, -0.05) is 88.5 Å². The van der Waals surface area contributed by atoms with E-state index < -0.39 is 10.1 Å². The van der Waals surface area contributed by atoms with E-state index in [0.717, 1.165) is 24.8 Å². The molecule has 7 heteroatoms. The Labute approximate surface area is 229 Å². The zero-order chi connectivity index (χ0) is 21.8. The molecule has 0 radical (unpaired) electrons. The summed E-state index contributed by atoms with van der Waals surface area (Å²) in [6.07, 6.45) is 13.2. The largest absolute Gasteiger partial charge is 1.00 e. The minimum absolute atomic E-state index is 0. The number of unbranched alkanes of at least 4 members (excludes halogenated alkanes) is 9. The normalized spacial score (nSPS) is 11.2. The number of para-hydroxylation sites is 1. The van der Waals surface area contributed by atoms with E-state index in [4.69, 9.17) is 4.74 Å². The van der Waals surface area contributed by atoms with E-state index in [1.807, 2.05) is 0 Å². The molecule has 1 N–H and O–H groups in total. The van der Waals surface area contributed by atoms with Crippen LogP contribution in [0, 0.1) is 0 Å². The van der Waals surface area contributed by atoms with E-state index >= 15 is 0 Å². The maximum atomic E-state index is 12.4. The van der Waals surface area contributed by atoms with Gasteiger partial charge >= 0.3 is 51.4 Å². The molecule has 2 aromatic rings. The first-order valence-electron chi connectivity index (χ1n) is 11.0. The molecule has 0 aliphatic heterocycles. The zero-order valence-corrected chi connectivity index (χ0v) is 22.7. The van der Waals surface area contributed by atoms with E-state index in [1.54, 1.807) is 18.2 Å². The monoisotopic (exact) mass is 472 g/mol. The minimum Gasteiger partial charge on any atom is -0.872 e. The Morgan fingerprint density at radius 3 is 2.03 bits per heavy atom. The Hall–Kier alpha value is -0.414. The average Bonchev–Trinajstić information content (AvgIpc) is 2.70. The van der Waals surface area contributed by atoms with Gasteiger partial charge in [-0.25, -0.2) is 0 Å². The van der Waals surface area contributed by atoms with Crippen LogP contribution in [0.15, 0.2) is 47.4 Å². The molecule has 2 aromatic carbocycles. The van der Waals surface area contributed by atoms with Gasteiger partial charge in [0.1, 0.15) is 16.4 Å². The molecule has 5 nitrogen and oxygen atoms in total. The third-order valence-electron chi connectivity index (χ3n) is 5.19. The number of hydrogen-bond donors (Lipinski definition) is 1. The molecular formula is C24H33KO5S. The summed E-state index contributed by atoms with van der Waals surface area (Å²) < 4.78 is 37.7. The second-order valence-electron chi connectivity index (χ2n) is 7.73. The Balaban J connectivity index is 0.00000480. The SMILES string of the molecule is CCCCCCCCCCCCc1ccc(Oc2ccccc2S(=O)(=O)O)cc1[O-].[K+]. The second kappa shape index (κ2) is 15.4. The van der Waals surface area contributed by atoms with E-state index in [0.29, 0.717) is 0 Å². The third-order valence-corrected chi connectivity index (χ3v) is 6.09. The van der Waals surface area contributed by atoms with E-state index in [9.17, 15) is 18.1 Å². The van der Waals surface area contributed by atoms with Gasteiger partial charge in [0.2, 0.25) is 0 Å². The maximum absolute atomic E-state index is 12.4. The van der Waals surface area contributed by atoms with Crippen LogP contribution in [0.3, 0.4) is 0 Å². The summed E-state index contributed by atoms with van der Waals surface area (Å²) in [5.41, 5.74) is 0.741. The van der Waals surface area contributed by atoms with Crippen molar-refractivity contribution in [1.82, 2.24) is 0 Å². The summed E-state index contributed by atoms with van der Waals surface area (Å²) in [4.78, 5) is -0.327. The topological polar surface area (TPSA) is 86.7 Å². The molecule has 0 fully saturated rings. The fourth-order valence-electron chi connectivity index (χ4n) is 3.48. The fourth-order valence-corrected chi connectivity index (χ4v) is 4.10. The van der Waals surface area contributed by atoms with Crippen molar-refractivity contribution in [2.45, 2.75) is 82.4 Å². The Morgan fingerprint density at radius 2 is 1.45 bits per heavy atom. The van der Waals surface area contributed by atoms with E-state index in [2.05, 4.69) is 6.92 Å². The van der Waals surface area contributed by atoms with E-state index in [-0.39, 0.29) is 73.5 Å². The summed E-state index contributed by atoms with van der Waals surface area (Å²) in [5, 5.41) is 12.4. The fraction of sp³-hybridized carbons (Fsp3) is 0.500. The summed E-state index contributed by atoms with van der Waals surface area (Å²) >= 11 is 0. The molecule has 0 spiro atoms. The van der Waals surface area contributed by atoms with Gasteiger partial charge in [0.05, 0.1) is 0 Å². The van der Waals surface area contributed by atoms with Crippen LogP contribution in [0.2, 0.25) is 0 Å². The van der Waals surface area contributed by atoms with Gasteiger partial charge in [-0.2, -0.15) is 8.42 Å². The van der Waals surface area contributed by atoms with Crippen LogP contribution < -0.4 is 61.2 Å². The number of ether oxygens (including phenoxy) is 1. The molecule has 0 heterocycles. The number of hydrogen-bond acceptors (Lipinski definition) is 4. The van der Waals surface area contributed by atoms with Crippen LogP contribution in [-0.2, 0) is 16.5 Å². The first-order chi connectivity index (χ1) is 14.4. The van der Waals surface area contributed by atoms with E-state index in [1.165, 1.54) is 75.6 Å². The van der Waals surface area contributed by atoms with Crippen molar-refractivity contribution in [1.29, 1.82) is 0 Å². The summed E-state index contributed by atoms with van der Waals surface area (Å²) in [7, 11) is -4.40. The molecule has 31 heavy (non-hydrogen) atoms.